The normalized spacial score (nSPS) is 17.6. The molecule has 0 radical (unpaired) electrons. The molecule has 3 aromatic rings. The summed E-state index contributed by atoms with van der Waals surface area (Å²) in [5.74, 6) is -1.20. The molecule has 1 fully saturated rings. The molecule has 1 aliphatic rings. The summed E-state index contributed by atoms with van der Waals surface area (Å²) in [7, 11) is 0. The van der Waals surface area contributed by atoms with E-state index in [1.807, 2.05) is 54.3 Å². The summed E-state index contributed by atoms with van der Waals surface area (Å²) in [6.45, 7) is 3.24. The third kappa shape index (κ3) is 4.05. The number of hydrogen-bond donors (Lipinski definition) is 0. The Hall–Kier alpha value is -3.05. The molecule has 3 nitrogen and oxygen atoms in total. The van der Waals surface area contributed by atoms with Crippen LogP contribution in [-0.2, 0) is 11.3 Å². The minimum atomic E-state index is -0.598. The number of hydrogen-bond acceptors (Lipinski definition) is 2. The summed E-state index contributed by atoms with van der Waals surface area (Å²) in [5.41, 5.74) is 3.48. The van der Waals surface area contributed by atoms with Crippen molar-refractivity contribution in [2.45, 2.75) is 19.5 Å². The van der Waals surface area contributed by atoms with E-state index in [4.69, 9.17) is 0 Å². The lowest BCUT2D eigenvalue weighted by Gasteiger charge is -2.39. The Labute approximate surface area is 169 Å². The van der Waals surface area contributed by atoms with Gasteiger partial charge in [-0.15, -0.1) is 0 Å². The quantitative estimate of drug-likeness (QED) is 0.633. The fourth-order valence-electron chi connectivity index (χ4n) is 3.72. The fourth-order valence-corrected chi connectivity index (χ4v) is 3.72. The monoisotopic (exact) mass is 392 g/mol. The average molecular weight is 392 g/mol. The number of piperazine rings is 1. The van der Waals surface area contributed by atoms with Crippen molar-refractivity contribution in [1.82, 2.24) is 4.90 Å². The molecule has 5 heteroatoms. The van der Waals surface area contributed by atoms with E-state index in [1.54, 1.807) is 4.90 Å². The fraction of sp³-hybridized carbons (Fsp3) is 0.208. The Kier molecular flexibility index (Phi) is 5.41. The lowest BCUT2D eigenvalue weighted by Crippen LogP contribution is -2.55. The predicted molar refractivity (Wildman–Crippen MR) is 110 cm³/mol. The van der Waals surface area contributed by atoms with Gasteiger partial charge in [0.05, 0.1) is 6.04 Å². The van der Waals surface area contributed by atoms with Gasteiger partial charge in [0, 0.05) is 37.0 Å². The van der Waals surface area contributed by atoms with Gasteiger partial charge in [-0.1, -0.05) is 48.5 Å². The van der Waals surface area contributed by atoms with E-state index in [9.17, 15) is 13.6 Å². The number of anilines is 1. The zero-order valence-electron chi connectivity index (χ0n) is 16.2. The van der Waals surface area contributed by atoms with Gasteiger partial charge in [-0.05, 0) is 36.2 Å². The van der Waals surface area contributed by atoms with Crippen molar-refractivity contribution < 1.29 is 13.6 Å². The second kappa shape index (κ2) is 8.13. The second-order valence-corrected chi connectivity index (χ2v) is 7.28. The van der Waals surface area contributed by atoms with E-state index in [0.717, 1.165) is 22.9 Å². The van der Waals surface area contributed by atoms with Crippen LogP contribution in [0.5, 0.6) is 0 Å². The molecule has 1 saturated heterocycles. The van der Waals surface area contributed by atoms with Crippen molar-refractivity contribution in [1.29, 1.82) is 0 Å². The lowest BCUT2D eigenvalue weighted by atomic mass is 10.0. The van der Waals surface area contributed by atoms with E-state index >= 15 is 0 Å². The third-order valence-electron chi connectivity index (χ3n) is 5.46. The molecule has 4 rings (SSSR count). The molecule has 0 bridgehead atoms. The smallest absolute Gasteiger partial charge is 0.244 e. The molecule has 0 N–H and O–H groups in total. The molecular weight excluding hydrogens is 370 g/mol. The third-order valence-corrected chi connectivity index (χ3v) is 5.46. The molecule has 29 heavy (non-hydrogen) atoms. The maximum absolute atomic E-state index is 14.0. The van der Waals surface area contributed by atoms with Gasteiger partial charge in [-0.2, -0.15) is 0 Å². The van der Waals surface area contributed by atoms with E-state index in [2.05, 4.69) is 12.1 Å². The van der Waals surface area contributed by atoms with Gasteiger partial charge in [0.1, 0.15) is 11.6 Å². The van der Waals surface area contributed by atoms with Crippen LogP contribution in [0.4, 0.5) is 14.5 Å². The van der Waals surface area contributed by atoms with Crippen LogP contribution in [0.1, 0.15) is 12.5 Å². The summed E-state index contributed by atoms with van der Waals surface area (Å²) in [5, 5.41) is 0. The Bertz CT molecular complexity index is 1010. The van der Waals surface area contributed by atoms with Gasteiger partial charge < -0.3 is 4.90 Å². The summed E-state index contributed by atoms with van der Waals surface area (Å²) < 4.78 is 27.1. The van der Waals surface area contributed by atoms with Crippen molar-refractivity contribution >= 4 is 11.6 Å². The molecule has 148 valence electrons. The van der Waals surface area contributed by atoms with E-state index < -0.39 is 11.6 Å². The van der Waals surface area contributed by atoms with Crippen LogP contribution in [0.2, 0.25) is 0 Å². The van der Waals surface area contributed by atoms with Crippen LogP contribution < -0.4 is 4.90 Å². The predicted octanol–water partition coefficient (Wildman–Crippen LogP) is 4.87. The van der Waals surface area contributed by atoms with Crippen LogP contribution in [-0.4, -0.2) is 29.9 Å². The molecule has 0 aliphatic carbocycles. The maximum Gasteiger partial charge on any atom is 0.244 e. The Morgan fingerprint density at radius 2 is 1.59 bits per heavy atom. The second-order valence-electron chi connectivity index (χ2n) is 7.28. The number of nitrogens with zero attached hydrogens (tertiary/aromatic N) is 2. The number of carbonyl (C=O) groups excluding carboxylic acids is 1. The van der Waals surface area contributed by atoms with Crippen molar-refractivity contribution in [3.05, 3.63) is 90.0 Å². The van der Waals surface area contributed by atoms with Gasteiger partial charge in [0.25, 0.3) is 0 Å². The molecule has 1 amide bonds. The van der Waals surface area contributed by atoms with Gasteiger partial charge >= 0.3 is 0 Å². The molecule has 1 atom stereocenters. The van der Waals surface area contributed by atoms with Crippen LogP contribution in [0.15, 0.2) is 72.8 Å². The summed E-state index contributed by atoms with van der Waals surface area (Å²) in [6.07, 6.45) is 0. The molecule has 0 spiro atoms. The van der Waals surface area contributed by atoms with Crippen LogP contribution >= 0.6 is 0 Å². The molecule has 0 saturated carbocycles. The zero-order chi connectivity index (χ0) is 20.4. The minimum absolute atomic E-state index is 0.0220. The van der Waals surface area contributed by atoms with E-state index in [-0.39, 0.29) is 18.5 Å². The number of halogens is 2. The highest BCUT2D eigenvalue weighted by Crippen LogP contribution is 2.26. The Morgan fingerprint density at radius 1 is 0.897 bits per heavy atom. The topological polar surface area (TPSA) is 23.6 Å². The largest absolute Gasteiger partial charge is 0.310 e. The lowest BCUT2D eigenvalue weighted by molar-refractivity contribution is -0.125. The molecule has 1 unspecified atom stereocenters. The van der Waals surface area contributed by atoms with Crippen LogP contribution in [0.3, 0.4) is 0 Å². The molecule has 0 aromatic heterocycles. The minimum Gasteiger partial charge on any atom is -0.310 e. The zero-order valence-corrected chi connectivity index (χ0v) is 16.2. The standard InChI is InChI=1S/C24H22F2N2O/c1-17-24(29)28(14-13-27(17)16-20-7-10-21(25)15-23(20)26)22-11-8-19(9-12-22)18-5-3-2-4-6-18/h2-12,15,17H,13-14,16H2,1H3. The van der Waals surface area contributed by atoms with Crippen molar-refractivity contribution in [2.75, 3.05) is 18.0 Å². The highest BCUT2D eigenvalue weighted by atomic mass is 19.1. The molecule has 1 heterocycles. The average Bonchev–Trinajstić information content (AvgIpc) is 2.74. The van der Waals surface area contributed by atoms with Crippen LogP contribution in [0, 0.1) is 11.6 Å². The Morgan fingerprint density at radius 3 is 2.28 bits per heavy atom. The van der Waals surface area contributed by atoms with Crippen molar-refractivity contribution in [2.24, 2.45) is 0 Å². The Balaban J connectivity index is 1.47. The molecular formula is C24H22F2N2O. The van der Waals surface area contributed by atoms with Gasteiger partial charge in [0.2, 0.25) is 5.91 Å². The van der Waals surface area contributed by atoms with Crippen molar-refractivity contribution in [3.63, 3.8) is 0 Å². The van der Waals surface area contributed by atoms with Gasteiger partial charge in [0.15, 0.2) is 0 Å². The number of rotatable bonds is 4. The first-order chi connectivity index (χ1) is 14.0. The summed E-state index contributed by atoms with van der Waals surface area (Å²) >= 11 is 0. The summed E-state index contributed by atoms with van der Waals surface area (Å²) in [6, 6.07) is 21.2. The number of carbonyl (C=O) groups is 1. The SMILES string of the molecule is CC1C(=O)N(c2ccc(-c3ccccc3)cc2)CCN1Cc1ccc(F)cc1F. The first kappa shape index (κ1) is 19.3. The number of amides is 1. The van der Waals surface area contributed by atoms with Gasteiger partial charge in [-0.3, -0.25) is 9.69 Å². The van der Waals surface area contributed by atoms with E-state index in [1.165, 1.54) is 12.1 Å². The number of benzene rings is 3. The van der Waals surface area contributed by atoms with Crippen LogP contribution in [0.25, 0.3) is 11.1 Å². The first-order valence-electron chi connectivity index (χ1n) is 9.68. The maximum atomic E-state index is 14.0. The van der Waals surface area contributed by atoms with E-state index in [0.29, 0.717) is 18.7 Å². The highest BCUT2D eigenvalue weighted by Gasteiger charge is 2.32. The highest BCUT2D eigenvalue weighted by molar-refractivity contribution is 5.97. The van der Waals surface area contributed by atoms with Gasteiger partial charge in [-0.25, -0.2) is 8.78 Å². The van der Waals surface area contributed by atoms with Crippen molar-refractivity contribution in [3.8, 4) is 11.1 Å². The summed E-state index contributed by atoms with van der Waals surface area (Å²) in [4.78, 5) is 16.6. The first-order valence-corrected chi connectivity index (χ1v) is 9.68. The molecule has 3 aromatic carbocycles. The molecule has 1 aliphatic heterocycles.